The molecule has 0 N–H and O–H groups in total. The lowest BCUT2D eigenvalue weighted by Crippen LogP contribution is -1.99. The summed E-state index contributed by atoms with van der Waals surface area (Å²) in [6, 6.07) is 3.55. The minimum atomic E-state index is -3.48. The molecule has 0 bridgehead atoms. The molecule has 0 aliphatic heterocycles. The normalized spacial score (nSPS) is 14.6. The maximum atomic E-state index is 10.9. The van der Waals surface area contributed by atoms with Crippen LogP contribution in [0.5, 0.6) is 0 Å². The molecule has 2 nitrogen and oxygen atoms in total. The highest BCUT2D eigenvalue weighted by Crippen LogP contribution is 2.32. The monoisotopic (exact) mass is 288 g/mol. The minimum Gasteiger partial charge on any atom is -0.212 e. The Bertz CT molecular complexity index is 371. The predicted octanol–water partition coefficient (Wildman–Crippen LogP) is 3.14. The van der Waals surface area contributed by atoms with E-state index in [1.54, 1.807) is 19.1 Å². The van der Waals surface area contributed by atoms with E-state index in [0.717, 1.165) is 8.66 Å². The summed E-state index contributed by atoms with van der Waals surface area (Å²) in [7, 11) is 1.71. The van der Waals surface area contributed by atoms with Crippen molar-refractivity contribution in [2.24, 2.45) is 0 Å². The summed E-state index contributed by atoms with van der Waals surface area (Å²) in [6.07, 6.45) is 0. The fourth-order valence-electron chi connectivity index (χ4n) is 0.686. The fraction of sp³-hybridized carbons (Fsp3) is 0.333. The smallest absolute Gasteiger partial charge is 0.212 e. The van der Waals surface area contributed by atoms with Gasteiger partial charge in [0.15, 0.2) is 0 Å². The van der Waals surface area contributed by atoms with Crippen LogP contribution < -0.4 is 0 Å². The van der Waals surface area contributed by atoms with Crippen LogP contribution >= 0.6 is 37.9 Å². The molecule has 68 valence electrons. The van der Waals surface area contributed by atoms with Gasteiger partial charge in [0.25, 0.3) is 0 Å². The number of rotatable bonds is 2. The Morgan fingerprint density at radius 1 is 1.58 bits per heavy atom. The van der Waals surface area contributed by atoms with E-state index in [1.165, 1.54) is 11.3 Å². The second kappa shape index (κ2) is 3.65. The van der Waals surface area contributed by atoms with Crippen molar-refractivity contribution >= 4 is 47.0 Å². The predicted molar refractivity (Wildman–Crippen MR) is 55.2 cm³/mol. The maximum Gasteiger partial charge on any atom is 0.240 e. The van der Waals surface area contributed by atoms with Crippen LogP contribution in [0.15, 0.2) is 15.9 Å². The zero-order chi connectivity index (χ0) is 9.35. The second-order valence-electron chi connectivity index (χ2n) is 2.26. The van der Waals surface area contributed by atoms with Crippen LogP contribution in [0.1, 0.15) is 17.1 Å². The molecular weight excluding hydrogens is 284 g/mol. The van der Waals surface area contributed by atoms with E-state index in [1.807, 2.05) is 0 Å². The highest BCUT2D eigenvalue weighted by Gasteiger charge is 2.20. The largest absolute Gasteiger partial charge is 0.240 e. The van der Waals surface area contributed by atoms with Gasteiger partial charge in [-0.15, -0.1) is 11.3 Å². The first-order valence-corrected chi connectivity index (χ1v) is 7.08. The van der Waals surface area contributed by atoms with Crippen molar-refractivity contribution in [2.75, 3.05) is 0 Å². The lowest BCUT2D eigenvalue weighted by atomic mass is 10.4. The van der Waals surface area contributed by atoms with Gasteiger partial charge in [0.2, 0.25) is 9.05 Å². The molecule has 0 aliphatic rings. The van der Waals surface area contributed by atoms with Crippen LogP contribution in [0.2, 0.25) is 0 Å². The Morgan fingerprint density at radius 3 is 2.50 bits per heavy atom. The van der Waals surface area contributed by atoms with Crippen molar-refractivity contribution in [3.8, 4) is 0 Å². The van der Waals surface area contributed by atoms with Crippen LogP contribution in [0.3, 0.4) is 0 Å². The average Bonchev–Trinajstić information content (AvgIpc) is 2.32. The van der Waals surface area contributed by atoms with Crippen molar-refractivity contribution in [1.29, 1.82) is 0 Å². The number of halogens is 2. The molecule has 1 unspecified atom stereocenters. The summed E-state index contributed by atoms with van der Waals surface area (Å²) in [6.45, 7) is 1.57. The van der Waals surface area contributed by atoms with Gasteiger partial charge in [-0.05, 0) is 35.0 Å². The van der Waals surface area contributed by atoms with E-state index in [9.17, 15) is 8.42 Å². The van der Waals surface area contributed by atoms with Crippen molar-refractivity contribution < 1.29 is 8.42 Å². The van der Waals surface area contributed by atoms with E-state index >= 15 is 0 Å². The molecule has 1 aromatic rings. The summed E-state index contributed by atoms with van der Waals surface area (Å²) in [5.41, 5.74) is 0. The van der Waals surface area contributed by atoms with Gasteiger partial charge in [-0.1, -0.05) is 0 Å². The topological polar surface area (TPSA) is 34.1 Å². The molecule has 12 heavy (non-hydrogen) atoms. The molecule has 0 radical (unpaired) electrons. The van der Waals surface area contributed by atoms with Crippen LogP contribution in [0.25, 0.3) is 0 Å². The number of hydrogen-bond donors (Lipinski definition) is 0. The maximum absolute atomic E-state index is 10.9. The van der Waals surface area contributed by atoms with E-state index < -0.39 is 14.3 Å². The first-order valence-electron chi connectivity index (χ1n) is 3.10. The van der Waals surface area contributed by atoms with Gasteiger partial charge >= 0.3 is 0 Å². The van der Waals surface area contributed by atoms with Crippen LogP contribution in [0.4, 0.5) is 0 Å². The molecule has 0 fully saturated rings. The Labute approximate surface area is 88.1 Å². The SMILES string of the molecule is CC(c1ccc(Br)s1)S(=O)(=O)Cl. The second-order valence-corrected chi connectivity index (χ2v) is 7.70. The quantitative estimate of drug-likeness (QED) is 0.784. The Balaban J connectivity index is 3.01. The summed E-state index contributed by atoms with van der Waals surface area (Å²) < 4.78 is 22.7. The van der Waals surface area contributed by atoms with E-state index in [2.05, 4.69) is 15.9 Å². The van der Waals surface area contributed by atoms with Gasteiger partial charge in [-0.3, -0.25) is 0 Å². The third kappa shape index (κ3) is 2.45. The Kier molecular flexibility index (Phi) is 3.20. The van der Waals surface area contributed by atoms with Crippen LogP contribution in [-0.2, 0) is 9.05 Å². The number of hydrogen-bond acceptors (Lipinski definition) is 3. The molecule has 1 heterocycles. The molecule has 0 saturated heterocycles. The van der Waals surface area contributed by atoms with Gasteiger partial charge in [-0.2, -0.15) is 0 Å². The zero-order valence-corrected chi connectivity index (χ0v) is 10.1. The van der Waals surface area contributed by atoms with Gasteiger partial charge in [0, 0.05) is 15.6 Å². The molecule has 6 heteroatoms. The lowest BCUT2D eigenvalue weighted by Gasteiger charge is -2.02. The molecule has 1 aromatic heterocycles. The molecule has 0 amide bonds. The van der Waals surface area contributed by atoms with Crippen molar-refractivity contribution in [1.82, 2.24) is 0 Å². The molecule has 0 saturated carbocycles. The third-order valence-corrected chi connectivity index (χ3v) is 5.27. The van der Waals surface area contributed by atoms with Gasteiger partial charge < -0.3 is 0 Å². The molecule has 0 aromatic carbocycles. The third-order valence-electron chi connectivity index (χ3n) is 1.42. The Morgan fingerprint density at radius 2 is 2.17 bits per heavy atom. The Hall–Kier alpha value is 0.420. The number of thiophene rings is 1. The van der Waals surface area contributed by atoms with Crippen molar-refractivity contribution in [2.45, 2.75) is 12.2 Å². The zero-order valence-electron chi connectivity index (χ0n) is 6.12. The summed E-state index contributed by atoms with van der Waals surface area (Å²) in [5, 5.41) is -0.629. The highest BCUT2D eigenvalue weighted by atomic mass is 79.9. The average molecular weight is 290 g/mol. The van der Waals surface area contributed by atoms with E-state index in [4.69, 9.17) is 10.7 Å². The molecule has 1 atom stereocenters. The summed E-state index contributed by atoms with van der Waals surface area (Å²) >= 11 is 4.62. The van der Waals surface area contributed by atoms with Crippen LogP contribution in [0, 0.1) is 0 Å². The van der Waals surface area contributed by atoms with E-state index in [-0.39, 0.29) is 0 Å². The summed E-state index contributed by atoms with van der Waals surface area (Å²) in [5.74, 6) is 0. The standard InChI is InChI=1S/C6H6BrClO2S2/c1-4(12(8,9)10)5-2-3-6(7)11-5/h2-4H,1H3. The first-order chi connectivity index (χ1) is 5.41. The van der Waals surface area contributed by atoms with Crippen molar-refractivity contribution in [3.05, 3.63) is 20.8 Å². The van der Waals surface area contributed by atoms with E-state index in [0.29, 0.717) is 0 Å². The van der Waals surface area contributed by atoms with Gasteiger partial charge in [0.05, 0.1) is 3.79 Å². The minimum absolute atomic E-state index is 0.629. The lowest BCUT2D eigenvalue weighted by molar-refractivity contribution is 0.601. The molecule has 0 aliphatic carbocycles. The van der Waals surface area contributed by atoms with Crippen molar-refractivity contribution in [3.63, 3.8) is 0 Å². The van der Waals surface area contributed by atoms with Gasteiger partial charge in [0.1, 0.15) is 5.25 Å². The first kappa shape index (κ1) is 10.5. The van der Waals surface area contributed by atoms with Crippen LogP contribution in [-0.4, -0.2) is 8.42 Å². The highest BCUT2D eigenvalue weighted by molar-refractivity contribution is 9.11. The molecule has 1 rings (SSSR count). The van der Waals surface area contributed by atoms with Gasteiger partial charge in [-0.25, -0.2) is 8.42 Å². The molecular formula is C6H6BrClO2S2. The summed E-state index contributed by atoms with van der Waals surface area (Å²) in [4.78, 5) is 0.747. The molecule has 0 spiro atoms. The fourth-order valence-corrected chi connectivity index (χ4v) is 3.37.